The van der Waals surface area contributed by atoms with Crippen LogP contribution in [0.4, 0.5) is 0 Å². The van der Waals surface area contributed by atoms with Gasteiger partial charge in [0, 0.05) is 12.8 Å². The fourth-order valence-electron chi connectivity index (χ4n) is 8.51. The molecule has 0 aromatic heterocycles. The van der Waals surface area contributed by atoms with Crippen molar-refractivity contribution in [1.29, 1.82) is 0 Å². The number of unbranched alkanes of at least 4 members (excludes halogenated alkanes) is 26. The summed E-state index contributed by atoms with van der Waals surface area (Å²) < 4.78 is 22.7. The number of quaternary nitrogens is 1. The van der Waals surface area contributed by atoms with Crippen LogP contribution in [-0.2, 0) is 33.3 Å². The number of aliphatic carboxylic acids is 1. The summed E-state index contributed by atoms with van der Waals surface area (Å²) in [6.07, 6.45) is 76.0. The summed E-state index contributed by atoms with van der Waals surface area (Å²) in [7, 11) is 5.92. The van der Waals surface area contributed by atoms with Crippen molar-refractivity contribution in [2.75, 3.05) is 47.5 Å². The van der Waals surface area contributed by atoms with Crippen molar-refractivity contribution in [3.63, 3.8) is 0 Å². The number of ether oxygens (including phenoxy) is 4. The number of rotatable bonds is 57. The molecule has 9 heteroatoms. The molecule has 0 spiro atoms. The summed E-state index contributed by atoms with van der Waals surface area (Å²) in [4.78, 5) is 37.4. The number of carbonyl (C=O) groups excluding carboxylic acids is 3. The molecule has 0 saturated carbocycles. The molecular formula is C68H117NO8. The number of allylic oxidation sites excluding steroid dienone is 16. The highest BCUT2D eigenvalue weighted by Gasteiger charge is 2.22. The Morgan fingerprint density at radius 2 is 0.740 bits per heavy atom. The molecule has 0 heterocycles. The van der Waals surface area contributed by atoms with Gasteiger partial charge in [0.15, 0.2) is 12.4 Å². The van der Waals surface area contributed by atoms with E-state index in [-0.39, 0.29) is 38.6 Å². The second-order valence-corrected chi connectivity index (χ2v) is 22.0. The van der Waals surface area contributed by atoms with Gasteiger partial charge in [0.1, 0.15) is 13.2 Å². The van der Waals surface area contributed by atoms with E-state index in [1.807, 2.05) is 21.1 Å². The summed E-state index contributed by atoms with van der Waals surface area (Å²) in [6.45, 7) is 4.63. The lowest BCUT2D eigenvalue weighted by molar-refractivity contribution is -0.870. The molecular weight excluding hydrogens is 959 g/mol. The van der Waals surface area contributed by atoms with Crippen molar-refractivity contribution in [1.82, 2.24) is 0 Å². The van der Waals surface area contributed by atoms with Gasteiger partial charge >= 0.3 is 11.9 Å². The Balaban J connectivity index is 4.19. The highest BCUT2D eigenvalue weighted by Crippen LogP contribution is 2.16. The summed E-state index contributed by atoms with van der Waals surface area (Å²) in [5.74, 6) is -2.29. The van der Waals surface area contributed by atoms with E-state index in [0.29, 0.717) is 17.4 Å². The number of nitrogens with zero attached hydrogens (tertiary/aromatic N) is 1. The zero-order valence-corrected chi connectivity index (χ0v) is 50.3. The standard InChI is InChI=1S/C68H117NO8/c1-6-8-10-12-14-16-18-20-22-24-26-27-28-29-30-31-32-33-34-35-36-37-38-39-41-43-45-47-49-51-53-55-57-59-66(71)77-64(63-76-68(67(72)73)74-61-60-69(3,4)5)62-75-65(70)58-56-54-52-50-48-46-44-42-40-25-23-21-19-17-15-13-11-9-7-2/h8,10,14,16,20-23,26-27,29-30,32-33,35-36,64,68H,6-7,9,11-13,15,17-19,24-25,28,31,34,37-63H2,1-5H3/b10-8-,16-14-,22-20-,23-21-,27-26-,30-29-,33-32-,36-35-. The van der Waals surface area contributed by atoms with Crippen molar-refractivity contribution in [3.8, 4) is 0 Å². The van der Waals surface area contributed by atoms with Gasteiger partial charge in [-0.05, 0) is 96.3 Å². The Hall–Kier alpha value is -3.79. The van der Waals surface area contributed by atoms with Crippen LogP contribution in [0.1, 0.15) is 258 Å². The van der Waals surface area contributed by atoms with Crippen molar-refractivity contribution < 1.29 is 42.9 Å². The van der Waals surface area contributed by atoms with Crippen LogP contribution in [0.25, 0.3) is 0 Å². The topological polar surface area (TPSA) is 111 Å². The summed E-state index contributed by atoms with van der Waals surface area (Å²) in [5, 5.41) is 11.8. The van der Waals surface area contributed by atoms with E-state index in [4.69, 9.17) is 18.9 Å². The molecule has 0 aliphatic heterocycles. The van der Waals surface area contributed by atoms with Gasteiger partial charge in [0.05, 0.1) is 40.3 Å². The Bertz CT molecular complexity index is 1580. The van der Waals surface area contributed by atoms with Gasteiger partial charge in [-0.2, -0.15) is 0 Å². The van der Waals surface area contributed by atoms with Crippen LogP contribution < -0.4 is 5.11 Å². The Morgan fingerprint density at radius 3 is 1.12 bits per heavy atom. The quantitative estimate of drug-likeness (QED) is 0.0195. The SMILES string of the molecule is CC/C=C\C/C=C\C/C=C\C/C=C\C/C=C\C/C=C\C/C=C\CCCCCCCCCCCCCC(=O)OC(COC(=O)CCCCCCCCCCC/C=C\CCCCCCCC)COC(OCC[N+](C)(C)C)C(=O)[O-]. The van der Waals surface area contributed by atoms with Crippen molar-refractivity contribution >= 4 is 17.9 Å². The molecule has 0 saturated heterocycles. The zero-order valence-electron chi connectivity index (χ0n) is 50.3. The number of carboxylic acids is 1. The Labute approximate surface area is 473 Å². The van der Waals surface area contributed by atoms with Crippen LogP contribution >= 0.6 is 0 Å². The van der Waals surface area contributed by atoms with Gasteiger partial charge in [-0.15, -0.1) is 0 Å². The number of hydrogen-bond acceptors (Lipinski definition) is 8. The normalized spacial score (nSPS) is 13.4. The van der Waals surface area contributed by atoms with E-state index >= 15 is 0 Å². The van der Waals surface area contributed by atoms with Gasteiger partial charge in [0.25, 0.3) is 0 Å². The first kappa shape index (κ1) is 73.2. The van der Waals surface area contributed by atoms with Gasteiger partial charge in [-0.3, -0.25) is 9.59 Å². The molecule has 0 fully saturated rings. The van der Waals surface area contributed by atoms with Gasteiger partial charge in [-0.1, -0.05) is 246 Å². The fraction of sp³-hybridized carbons (Fsp3) is 0.721. The number of hydrogen-bond donors (Lipinski definition) is 0. The molecule has 0 aromatic rings. The average Bonchev–Trinajstić information content (AvgIpc) is 3.40. The lowest BCUT2D eigenvalue weighted by Crippen LogP contribution is -2.44. The molecule has 0 N–H and O–H groups in total. The molecule has 0 rings (SSSR count). The van der Waals surface area contributed by atoms with E-state index < -0.39 is 24.3 Å². The van der Waals surface area contributed by atoms with Crippen molar-refractivity contribution in [2.45, 2.75) is 270 Å². The molecule has 0 aromatic carbocycles. The highest BCUT2D eigenvalue weighted by molar-refractivity contribution is 5.70. The first-order valence-electron chi connectivity index (χ1n) is 31.4. The van der Waals surface area contributed by atoms with Crippen molar-refractivity contribution in [2.24, 2.45) is 0 Å². The van der Waals surface area contributed by atoms with Crippen LogP contribution in [0.3, 0.4) is 0 Å². The molecule has 9 nitrogen and oxygen atoms in total. The largest absolute Gasteiger partial charge is 0.545 e. The molecule has 0 aliphatic carbocycles. The van der Waals surface area contributed by atoms with Crippen LogP contribution in [0, 0.1) is 0 Å². The van der Waals surface area contributed by atoms with E-state index in [0.717, 1.165) is 89.9 Å². The predicted molar refractivity (Wildman–Crippen MR) is 324 cm³/mol. The predicted octanol–water partition coefficient (Wildman–Crippen LogP) is 17.6. The highest BCUT2D eigenvalue weighted by atomic mass is 16.7. The number of carboxylic acid groups (broad SMARTS) is 1. The second kappa shape index (κ2) is 58.4. The fourth-order valence-corrected chi connectivity index (χ4v) is 8.51. The smallest absolute Gasteiger partial charge is 0.306 e. The van der Waals surface area contributed by atoms with Gasteiger partial charge in [-0.25, -0.2) is 0 Å². The second-order valence-electron chi connectivity index (χ2n) is 22.0. The molecule has 0 amide bonds. The minimum atomic E-state index is -1.63. The maximum atomic E-state index is 12.9. The molecule has 0 aliphatic rings. The lowest BCUT2D eigenvalue weighted by atomic mass is 10.0. The lowest BCUT2D eigenvalue weighted by Gasteiger charge is -2.26. The third kappa shape index (κ3) is 59.7. The number of esters is 2. The summed E-state index contributed by atoms with van der Waals surface area (Å²) in [6, 6.07) is 0. The molecule has 2 atom stereocenters. The van der Waals surface area contributed by atoms with Crippen molar-refractivity contribution in [3.05, 3.63) is 97.2 Å². The third-order valence-corrected chi connectivity index (χ3v) is 13.3. The Kier molecular flexibility index (Phi) is 55.5. The minimum Gasteiger partial charge on any atom is -0.545 e. The molecule has 77 heavy (non-hydrogen) atoms. The van der Waals surface area contributed by atoms with Gasteiger partial charge < -0.3 is 33.3 Å². The van der Waals surface area contributed by atoms with E-state index in [1.165, 1.54) is 135 Å². The van der Waals surface area contributed by atoms with Crippen LogP contribution in [-0.4, -0.2) is 82.3 Å². The maximum absolute atomic E-state index is 12.9. The van der Waals surface area contributed by atoms with Crippen LogP contribution in [0.5, 0.6) is 0 Å². The first-order chi connectivity index (χ1) is 37.6. The molecule has 0 radical (unpaired) electrons. The summed E-state index contributed by atoms with van der Waals surface area (Å²) >= 11 is 0. The average molecular weight is 1080 g/mol. The van der Waals surface area contributed by atoms with Crippen LogP contribution in [0.15, 0.2) is 97.2 Å². The maximum Gasteiger partial charge on any atom is 0.306 e. The summed E-state index contributed by atoms with van der Waals surface area (Å²) in [5.41, 5.74) is 0. The molecule has 442 valence electrons. The van der Waals surface area contributed by atoms with Gasteiger partial charge in [0.2, 0.25) is 0 Å². The molecule has 2 unspecified atom stereocenters. The van der Waals surface area contributed by atoms with E-state index in [2.05, 4.69) is 111 Å². The number of carbonyl (C=O) groups is 3. The van der Waals surface area contributed by atoms with E-state index in [9.17, 15) is 19.5 Å². The third-order valence-electron chi connectivity index (χ3n) is 13.3. The van der Waals surface area contributed by atoms with Crippen LogP contribution in [0.2, 0.25) is 0 Å². The number of likely N-dealkylation sites (N-methyl/N-ethyl adjacent to an activating group) is 1. The molecule has 0 bridgehead atoms. The first-order valence-corrected chi connectivity index (χ1v) is 31.4. The monoisotopic (exact) mass is 1080 g/mol. The van der Waals surface area contributed by atoms with E-state index in [1.54, 1.807) is 0 Å². The zero-order chi connectivity index (χ0) is 56.2. The Morgan fingerprint density at radius 1 is 0.403 bits per heavy atom. The minimum absolute atomic E-state index is 0.143.